The van der Waals surface area contributed by atoms with Crippen molar-refractivity contribution < 1.29 is 4.79 Å². The molecule has 20 heavy (non-hydrogen) atoms. The molecule has 0 fully saturated rings. The van der Waals surface area contributed by atoms with Crippen LogP contribution in [0.2, 0.25) is 5.02 Å². The predicted molar refractivity (Wildman–Crippen MR) is 84.6 cm³/mol. The summed E-state index contributed by atoms with van der Waals surface area (Å²) in [6, 6.07) is 4.80. The van der Waals surface area contributed by atoms with E-state index < -0.39 is 0 Å². The molecule has 0 radical (unpaired) electrons. The van der Waals surface area contributed by atoms with Crippen LogP contribution in [0.4, 0.5) is 10.8 Å². The summed E-state index contributed by atoms with van der Waals surface area (Å²) in [5.41, 5.74) is 7.42. The van der Waals surface area contributed by atoms with Crippen molar-refractivity contribution in [1.29, 1.82) is 0 Å². The highest BCUT2D eigenvalue weighted by Gasteiger charge is 2.19. The fourth-order valence-electron chi connectivity index (χ4n) is 1.57. The maximum atomic E-state index is 12.2. The number of nitrogen functional groups attached to an aromatic ring is 1. The number of anilines is 2. The lowest BCUT2D eigenvalue weighted by molar-refractivity contribution is 0.102. The summed E-state index contributed by atoms with van der Waals surface area (Å²) >= 11 is 7.27. The van der Waals surface area contributed by atoms with Crippen LogP contribution in [-0.4, -0.2) is 10.9 Å². The van der Waals surface area contributed by atoms with Crippen molar-refractivity contribution >= 4 is 39.7 Å². The number of halogens is 1. The van der Waals surface area contributed by atoms with Gasteiger partial charge in [-0.2, -0.15) is 0 Å². The van der Waals surface area contributed by atoms with Gasteiger partial charge >= 0.3 is 0 Å². The fourth-order valence-corrected chi connectivity index (χ4v) is 2.67. The molecule has 2 aromatic rings. The molecule has 4 nitrogen and oxygen atoms in total. The second-order valence-electron chi connectivity index (χ2n) is 5.47. The molecule has 0 saturated heterocycles. The highest BCUT2D eigenvalue weighted by atomic mass is 35.5. The van der Waals surface area contributed by atoms with Crippen molar-refractivity contribution in [3.05, 3.63) is 39.9 Å². The van der Waals surface area contributed by atoms with E-state index in [1.807, 2.05) is 5.38 Å². The summed E-state index contributed by atoms with van der Waals surface area (Å²) in [7, 11) is 0. The number of carbonyl (C=O) groups is 1. The van der Waals surface area contributed by atoms with Gasteiger partial charge in [0.2, 0.25) is 0 Å². The van der Waals surface area contributed by atoms with Gasteiger partial charge in [-0.15, -0.1) is 11.3 Å². The molecule has 106 valence electrons. The predicted octanol–water partition coefficient (Wildman–Crippen LogP) is 3.93. The van der Waals surface area contributed by atoms with E-state index in [4.69, 9.17) is 17.3 Å². The first-order chi connectivity index (χ1) is 9.27. The number of rotatable bonds is 2. The Balaban J connectivity index is 2.20. The topological polar surface area (TPSA) is 68.0 Å². The molecule has 1 amide bonds. The van der Waals surface area contributed by atoms with E-state index in [0.29, 0.717) is 21.4 Å². The molecule has 0 aliphatic heterocycles. The van der Waals surface area contributed by atoms with Crippen LogP contribution in [0, 0.1) is 0 Å². The average molecular weight is 310 g/mol. The largest absolute Gasteiger partial charge is 0.398 e. The molecular weight excluding hydrogens is 294 g/mol. The van der Waals surface area contributed by atoms with E-state index in [1.54, 1.807) is 18.2 Å². The molecule has 0 aliphatic rings. The maximum absolute atomic E-state index is 12.2. The molecule has 6 heteroatoms. The third-order valence-electron chi connectivity index (χ3n) is 2.75. The van der Waals surface area contributed by atoms with Crippen LogP contribution in [0.1, 0.15) is 36.8 Å². The van der Waals surface area contributed by atoms with Gasteiger partial charge in [-0.05, 0) is 18.2 Å². The van der Waals surface area contributed by atoms with Crippen molar-refractivity contribution in [2.75, 3.05) is 11.1 Å². The number of nitrogens with two attached hydrogens (primary N) is 1. The van der Waals surface area contributed by atoms with E-state index in [1.165, 1.54) is 11.3 Å². The number of benzene rings is 1. The van der Waals surface area contributed by atoms with Crippen LogP contribution < -0.4 is 11.1 Å². The minimum atomic E-state index is -0.306. The second-order valence-corrected chi connectivity index (χ2v) is 6.77. The summed E-state index contributed by atoms with van der Waals surface area (Å²) in [5.74, 6) is -0.306. The van der Waals surface area contributed by atoms with Crippen molar-refractivity contribution in [3.63, 3.8) is 0 Å². The van der Waals surface area contributed by atoms with E-state index in [9.17, 15) is 4.79 Å². The molecule has 0 spiro atoms. The lowest BCUT2D eigenvalue weighted by Crippen LogP contribution is -2.15. The first kappa shape index (κ1) is 14.8. The molecule has 2 rings (SSSR count). The normalized spacial score (nSPS) is 11.4. The summed E-state index contributed by atoms with van der Waals surface area (Å²) in [5, 5.41) is 5.72. The van der Waals surface area contributed by atoms with Gasteiger partial charge in [0, 0.05) is 21.5 Å². The number of nitrogens with one attached hydrogen (secondary N) is 1. The van der Waals surface area contributed by atoms with Crippen molar-refractivity contribution in [3.8, 4) is 0 Å². The number of nitrogens with zero attached hydrogens (tertiary/aromatic N) is 1. The lowest BCUT2D eigenvalue weighted by atomic mass is 9.93. The van der Waals surface area contributed by atoms with Gasteiger partial charge in [0.1, 0.15) is 0 Å². The van der Waals surface area contributed by atoms with Crippen molar-refractivity contribution in [2.45, 2.75) is 26.2 Å². The number of hydrogen-bond acceptors (Lipinski definition) is 4. The second kappa shape index (κ2) is 5.42. The highest BCUT2D eigenvalue weighted by molar-refractivity contribution is 7.14. The molecular formula is C14H16ClN3OS. The minimum Gasteiger partial charge on any atom is -0.398 e. The van der Waals surface area contributed by atoms with E-state index >= 15 is 0 Å². The number of thiazole rings is 1. The van der Waals surface area contributed by atoms with Gasteiger partial charge in [0.25, 0.3) is 5.91 Å². The van der Waals surface area contributed by atoms with Crippen LogP contribution in [0.25, 0.3) is 0 Å². The minimum absolute atomic E-state index is 0.0471. The first-order valence-electron chi connectivity index (χ1n) is 6.10. The van der Waals surface area contributed by atoms with Gasteiger partial charge in [0.15, 0.2) is 5.13 Å². The number of hydrogen-bond donors (Lipinski definition) is 2. The number of carbonyl (C=O) groups excluding carboxylic acids is 1. The molecule has 1 heterocycles. The molecule has 0 bridgehead atoms. The number of aromatic nitrogens is 1. The van der Waals surface area contributed by atoms with E-state index in [0.717, 1.165) is 5.69 Å². The standard InChI is InChI=1S/C14H16ClN3OS/c1-14(2,3)11-7-20-13(17-11)18-12(19)9-6-8(15)4-5-10(9)16/h4-7H,16H2,1-3H3,(H,17,18,19). The van der Waals surface area contributed by atoms with Gasteiger partial charge in [-0.25, -0.2) is 4.98 Å². The molecule has 0 unspecified atom stereocenters. The van der Waals surface area contributed by atoms with Gasteiger partial charge in [-0.3, -0.25) is 10.1 Å². The van der Waals surface area contributed by atoms with Gasteiger partial charge in [0.05, 0.1) is 11.3 Å². The van der Waals surface area contributed by atoms with Gasteiger partial charge in [-0.1, -0.05) is 32.4 Å². The summed E-state index contributed by atoms with van der Waals surface area (Å²) in [4.78, 5) is 16.6. The van der Waals surface area contributed by atoms with Crippen LogP contribution in [0.15, 0.2) is 23.6 Å². The lowest BCUT2D eigenvalue weighted by Gasteiger charge is -2.14. The zero-order valence-electron chi connectivity index (χ0n) is 11.5. The van der Waals surface area contributed by atoms with Gasteiger partial charge < -0.3 is 5.73 Å². The Morgan fingerprint density at radius 3 is 2.70 bits per heavy atom. The summed E-state index contributed by atoms with van der Waals surface area (Å²) in [6.45, 7) is 6.22. The Kier molecular flexibility index (Phi) is 4.01. The monoisotopic (exact) mass is 309 g/mol. The van der Waals surface area contributed by atoms with Crippen LogP contribution in [0.3, 0.4) is 0 Å². The smallest absolute Gasteiger partial charge is 0.259 e. The Morgan fingerprint density at radius 2 is 2.10 bits per heavy atom. The maximum Gasteiger partial charge on any atom is 0.259 e. The SMILES string of the molecule is CC(C)(C)c1csc(NC(=O)c2cc(Cl)ccc2N)n1. The van der Waals surface area contributed by atoms with Crippen LogP contribution >= 0.6 is 22.9 Å². The fraction of sp³-hybridized carbons (Fsp3) is 0.286. The summed E-state index contributed by atoms with van der Waals surface area (Å²) < 4.78 is 0. The Morgan fingerprint density at radius 1 is 1.40 bits per heavy atom. The molecule has 0 aliphatic carbocycles. The zero-order valence-corrected chi connectivity index (χ0v) is 13.1. The Labute approximate surface area is 127 Å². The third-order valence-corrected chi connectivity index (χ3v) is 3.75. The first-order valence-corrected chi connectivity index (χ1v) is 7.35. The average Bonchev–Trinajstić information content (AvgIpc) is 2.80. The third kappa shape index (κ3) is 3.29. The number of amides is 1. The molecule has 0 atom stereocenters. The molecule has 3 N–H and O–H groups in total. The zero-order chi connectivity index (χ0) is 14.9. The quantitative estimate of drug-likeness (QED) is 0.826. The highest BCUT2D eigenvalue weighted by Crippen LogP contribution is 2.27. The van der Waals surface area contributed by atoms with Crippen LogP contribution in [-0.2, 0) is 5.41 Å². The Hall–Kier alpha value is -1.59. The molecule has 0 saturated carbocycles. The van der Waals surface area contributed by atoms with Crippen molar-refractivity contribution in [1.82, 2.24) is 4.98 Å². The van der Waals surface area contributed by atoms with Crippen LogP contribution in [0.5, 0.6) is 0 Å². The van der Waals surface area contributed by atoms with E-state index in [-0.39, 0.29) is 11.3 Å². The molecule has 1 aromatic heterocycles. The molecule has 1 aromatic carbocycles. The van der Waals surface area contributed by atoms with Crippen molar-refractivity contribution in [2.24, 2.45) is 0 Å². The Bertz CT molecular complexity index is 646. The summed E-state index contributed by atoms with van der Waals surface area (Å²) in [6.07, 6.45) is 0. The van der Waals surface area contributed by atoms with E-state index in [2.05, 4.69) is 31.1 Å².